The van der Waals surface area contributed by atoms with E-state index in [-0.39, 0.29) is 24.2 Å². The van der Waals surface area contributed by atoms with Crippen LogP contribution in [0.2, 0.25) is 0 Å². The van der Waals surface area contributed by atoms with Crippen molar-refractivity contribution < 1.29 is 19.7 Å². The van der Waals surface area contributed by atoms with Crippen LogP contribution >= 0.6 is 0 Å². The van der Waals surface area contributed by atoms with Gasteiger partial charge in [-0.3, -0.25) is 4.79 Å². The van der Waals surface area contributed by atoms with Crippen molar-refractivity contribution in [2.45, 2.75) is 63.8 Å². The van der Waals surface area contributed by atoms with E-state index in [2.05, 4.69) is 6.08 Å². The van der Waals surface area contributed by atoms with Gasteiger partial charge < -0.3 is 14.9 Å². The maximum atomic E-state index is 11.7. The molecule has 4 heteroatoms. The number of carbonyl (C=O) groups is 1. The number of aliphatic hydroxyl groups is 2. The van der Waals surface area contributed by atoms with Crippen LogP contribution < -0.4 is 0 Å². The predicted molar refractivity (Wildman–Crippen MR) is 73.8 cm³/mol. The Balaban J connectivity index is 2.02. The van der Waals surface area contributed by atoms with Crippen LogP contribution in [0.4, 0.5) is 0 Å². The Bertz CT molecular complexity index is 469. The van der Waals surface area contributed by atoms with Crippen LogP contribution in [0.3, 0.4) is 0 Å². The summed E-state index contributed by atoms with van der Waals surface area (Å²) in [4.78, 5) is 11.7. The van der Waals surface area contributed by atoms with E-state index in [0.717, 1.165) is 12.8 Å². The monoisotopic (exact) mass is 280 g/mol. The lowest BCUT2D eigenvalue weighted by Crippen LogP contribution is -2.64. The van der Waals surface area contributed by atoms with Crippen LogP contribution in [0.5, 0.6) is 0 Å². The zero-order valence-corrected chi connectivity index (χ0v) is 12.4. The van der Waals surface area contributed by atoms with Gasteiger partial charge in [0.1, 0.15) is 5.60 Å². The van der Waals surface area contributed by atoms with E-state index in [0.29, 0.717) is 6.42 Å². The van der Waals surface area contributed by atoms with Crippen molar-refractivity contribution in [2.24, 2.45) is 17.3 Å². The Morgan fingerprint density at radius 3 is 2.75 bits per heavy atom. The van der Waals surface area contributed by atoms with Crippen molar-refractivity contribution in [3.8, 4) is 0 Å². The van der Waals surface area contributed by atoms with Gasteiger partial charge in [0.15, 0.2) is 0 Å². The predicted octanol–water partition coefficient (Wildman–Crippen LogP) is 1.80. The maximum absolute atomic E-state index is 11.7. The fraction of sp³-hybridized carbons (Fsp3) is 0.812. The first-order valence-corrected chi connectivity index (χ1v) is 7.50. The lowest BCUT2D eigenvalue weighted by atomic mass is 9.50. The van der Waals surface area contributed by atoms with E-state index >= 15 is 0 Å². The summed E-state index contributed by atoms with van der Waals surface area (Å²) in [6.45, 7) is 5.81. The molecule has 0 aromatic carbocycles. The first-order chi connectivity index (χ1) is 9.18. The summed E-state index contributed by atoms with van der Waals surface area (Å²) in [6, 6.07) is 0. The Labute approximate surface area is 119 Å². The Kier molecular flexibility index (Phi) is 2.87. The summed E-state index contributed by atoms with van der Waals surface area (Å²) < 4.78 is 5.60. The van der Waals surface area contributed by atoms with Gasteiger partial charge in [0.05, 0.1) is 18.1 Å². The molecule has 2 aliphatic carbocycles. The van der Waals surface area contributed by atoms with Crippen molar-refractivity contribution in [1.29, 1.82) is 0 Å². The highest BCUT2D eigenvalue weighted by atomic mass is 16.6. The smallest absolute Gasteiger partial charge is 0.309 e. The number of esters is 1. The molecule has 0 aromatic rings. The molecule has 0 radical (unpaired) electrons. The molecule has 0 bridgehead atoms. The highest BCUT2D eigenvalue weighted by molar-refractivity contribution is 5.72. The Hall–Kier alpha value is -0.870. The first kappa shape index (κ1) is 14.1. The van der Waals surface area contributed by atoms with Crippen LogP contribution in [0.25, 0.3) is 0 Å². The van der Waals surface area contributed by atoms with Gasteiger partial charge in [0.25, 0.3) is 0 Å². The van der Waals surface area contributed by atoms with Gasteiger partial charge in [-0.2, -0.15) is 0 Å². The lowest BCUT2D eigenvalue weighted by molar-refractivity contribution is -0.223. The molecular formula is C16H24O4. The third kappa shape index (κ3) is 1.77. The van der Waals surface area contributed by atoms with Gasteiger partial charge >= 0.3 is 5.97 Å². The van der Waals surface area contributed by atoms with E-state index in [1.807, 2.05) is 26.8 Å². The molecule has 0 unspecified atom stereocenters. The standard InChI is InChI=1S/C16H24O4/c1-14(19)6-5-11-10(9-14)4-7-15(2)16(11,3)12(17)8-13(18)20-15/h4,7,10-12,17,19H,5-6,8-9H2,1-3H3/t10-,11-,12-,14+,15+,16-/m0/s1. The molecule has 0 spiro atoms. The molecule has 112 valence electrons. The maximum Gasteiger partial charge on any atom is 0.309 e. The van der Waals surface area contributed by atoms with Crippen LogP contribution in [0.15, 0.2) is 12.2 Å². The summed E-state index contributed by atoms with van der Waals surface area (Å²) in [6.07, 6.45) is 5.67. The third-order valence-electron chi connectivity index (χ3n) is 6.07. The summed E-state index contributed by atoms with van der Waals surface area (Å²) in [5.74, 6) is 0.146. The minimum Gasteiger partial charge on any atom is -0.454 e. The van der Waals surface area contributed by atoms with Crippen molar-refractivity contribution in [1.82, 2.24) is 0 Å². The van der Waals surface area contributed by atoms with E-state index < -0.39 is 22.7 Å². The van der Waals surface area contributed by atoms with E-state index in [4.69, 9.17) is 4.74 Å². The molecule has 0 aromatic heterocycles. The topological polar surface area (TPSA) is 66.8 Å². The summed E-state index contributed by atoms with van der Waals surface area (Å²) in [7, 11) is 0. The minimum atomic E-state index is -0.744. The van der Waals surface area contributed by atoms with Crippen LogP contribution in [-0.2, 0) is 9.53 Å². The molecule has 3 aliphatic rings. The molecule has 2 N–H and O–H groups in total. The summed E-state index contributed by atoms with van der Waals surface area (Å²) in [5, 5.41) is 20.9. The van der Waals surface area contributed by atoms with Gasteiger partial charge in [-0.1, -0.05) is 13.0 Å². The second-order valence-corrected chi connectivity index (χ2v) is 7.45. The lowest BCUT2D eigenvalue weighted by Gasteiger charge is -2.59. The average molecular weight is 280 g/mol. The first-order valence-electron chi connectivity index (χ1n) is 7.50. The van der Waals surface area contributed by atoms with Crippen molar-refractivity contribution >= 4 is 5.97 Å². The average Bonchev–Trinajstić information content (AvgIpc) is 2.31. The number of hydrogen-bond acceptors (Lipinski definition) is 4. The Morgan fingerprint density at radius 2 is 2.05 bits per heavy atom. The SMILES string of the molecule is C[C@@]1(O)CC[C@H]2[C@@H](C=C[C@@]3(C)OC(=O)C[C@H](O)[C@]23C)C1. The number of carbonyl (C=O) groups excluding carboxylic acids is 1. The summed E-state index contributed by atoms with van der Waals surface area (Å²) >= 11 is 0. The number of aliphatic hydroxyl groups excluding tert-OH is 1. The molecule has 1 saturated carbocycles. The van der Waals surface area contributed by atoms with Crippen molar-refractivity contribution in [3.05, 3.63) is 12.2 Å². The molecule has 6 atom stereocenters. The molecule has 2 fully saturated rings. The molecule has 1 aliphatic heterocycles. The van der Waals surface area contributed by atoms with Crippen molar-refractivity contribution in [3.63, 3.8) is 0 Å². The molecule has 1 saturated heterocycles. The van der Waals surface area contributed by atoms with Gasteiger partial charge in [0.2, 0.25) is 0 Å². The molecule has 1 heterocycles. The Morgan fingerprint density at radius 1 is 1.35 bits per heavy atom. The van der Waals surface area contributed by atoms with Crippen LogP contribution in [0, 0.1) is 17.3 Å². The van der Waals surface area contributed by atoms with Crippen molar-refractivity contribution in [2.75, 3.05) is 0 Å². The molecule has 4 nitrogen and oxygen atoms in total. The second-order valence-electron chi connectivity index (χ2n) is 7.45. The second kappa shape index (κ2) is 4.08. The highest BCUT2D eigenvalue weighted by Gasteiger charge is 2.62. The number of allylic oxidation sites excluding steroid dienone is 1. The molecule has 0 amide bonds. The zero-order valence-electron chi connectivity index (χ0n) is 12.4. The van der Waals surface area contributed by atoms with E-state index in [9.17, 15) is 15.0 Å². The van der Waals surface area contributed by atoms with Gasteiger partial charge in [-0.05, 0) is 51.0 Å². The molecular weight excluding hydrogens is 256 g/mol. The molecule has 20 heavy (non-hydrogen) atoms. The highest BCUT2D eigenvalue weighted by Crippen LogP contribution is 2.58. The minimum absolute atomic E-state index is 0.0690. The fourth-order valence-corrected chi connectivity index (χ4v) is 4.60. The zero-order chi connectivity index (χ0) is 14.8. The normalized spacial score (nSPS) is 54.9. The van der Waals surface area contributed by atoms with Crippen LogP contribution in [-0.4, -0.2) is 33.5 Å². The number of hydrogen-bond donors (Lipinski definition) is 2. The van der Waals surface area contributed by atoms with Gasteiger partial charge in [-0.25, -0.2) is 0 Å². The third-order valence-corrected chi connectivity index (χ3v) is 6.07. The van der Waals surface area contributed by atoms with Gasteiger partial charge in [0, 0.05) is 5.41 Å². The largest absolute Gasteiger partial charge is 0.454 e. The van der Waals surface area contributed by atoms with Crippen LogP contribution in [0.1, 0.15) is 46.5 Å². The number of ether oxygens (including phenoxy) is 1. The molecule has 3 rings (SSSR count). The fourth-order valence-electron chi connectivity index (χ4n) is 4.60. The number of fused-ring (bicyclic) bond motifs is 3. The van der Waals surface area contributed by atoms with E-state index in [1.165, 1.54) is 0 Å². The van der Waals surface area contributed by atoms with Gasteiger partial charge in [-0.15, -0.1) is 0 Å². The van der Waals surface area contributed by atoms with E-state index in [1.54, 1.807) is 0 Å². The number of rotatable bonds is 0. The quantitative estimate of drug-likeness (QED) is 0.524. The summed E-state index contributed by atoms with van der Waals surface area (Å²) in [5.41, 5.74) is -1.85.